The third-order valence-electron chi connectivity index (χ3n) is 3.69. The second-order valence-corrected chi connectivity index (χ2v) is 6.00. The van der Waals surface area contributed by atoms with Gasteiger partial charge in [0.05, 0.1) is 0 Å². The lowest BCUT2D eigenvalue weighted by molar-refractivity contribution is 0.160. The second-order valence-electron chi connectivity index (χ2n) is 6.00. The van der Waals surface area contributed by atoms with Crippen LogP contribution in [0.15, 0.2) is 60.7 Å². The fraction of sp³-hybridized carbons (Fsp3) is 0.200. The lowest BCUT2D eigenvalue weighted by Crippen LogP contribution is -2.26. The van der Waals surface area contributed by atoms with E-state index in [1.165, 1.54) is 16.7 Å². The maximum absolute atomic E-state index is 6.21. The number of rotatable bonds is 1. The summed E-state index contributed by atoms with van der Waals surface area (Å²) < 4.78 is 6.21. The summed E-state index contributed by atoms with van der Waals surface area (Å²) in [6.07, 6.45) is 6.48. The lowest BCUT2D eigenvalue weighted by Gasteiger charge is -2.27. The second kappa shape index (κ2) is 5.25. The molecule has 3 rings (SSSR count). The van der Waals surface area contributed by atoms with Gasteiger partial charge in [-0.1, -0.05) is 54.6 Å². The van der Waals surface area contributed by atoms with Gasteiger partial charge >= 0.3 is 0 Å². The molecule has 0 aromatic heterocycles. The maximum Gasteiger partial charge on any atom is 0.130 e. The standard InChI is InChI=1S/C20H20O/c1-15-8-7-11-18-14-17(16-9-5-4-6-10-16)12-13-20(2,3)21-19(15)18/h4-14H,1-3H3/b13-12-,17-14+. The quantitative estimate of drug-likeness (QED) is 0.690. The fourth-order valence-electron chi connectivity index (χ4n) is 2.54. The molecule has 1 nitrogen and oxygen atoms in total. The van der Waals surface area contributed by atoms with E-state index in [-0.39, 0.29) is 5.60 Å². The van der Waals surface area contributed by atoms with E-state index in [1.807, 2.05) is 6.07 Å². The molecule has 1 heterocycles. The van der Waals surface area contributed by atoms with Gasteiger partial charge in [-0.05, 0) is 49.6 Å². The summed E-state index contributed by atoms with van der Waals surface area (Å²) >= 11 is 0. The molecule has 0 atom stereocenters. The largest absolute Gasteiger partial charge is 0.483 e. The Kier molecular flexibility index (Phi) is 3.42. The highest BCUT2D eigenvalue weighted by molar-refractivity contribution is 5.89. The van der Waals surface area contributed by atoms with Gasteiger partial charge in [0.25, 0.3) is 0 Å². The van der Waals surface area contributed by atoms with Crippen molar-refractivity contribution in [3.05, 3.63) is 77.4 Å². The number of ether oxygens (including phenoxy) is 1. The van der Waals surface area contributed by atoms with Gasteiger partial charge in [0, 0.05) is 5.56 Å². The van der Waals surface area contributed by atoms with Gasteiger partial charge in [0.15, 0.2) is 0 Å². The van der Waals surface area contributed by atoms with Crippen molar-refractivity contribution in [1.82, 2.24) is 0 Å². The van der Waals surface area contributed by atoms with Gasteiger partial charge in [-0.25, -0.2) is 0 Å². The minimum absolute atomic E-state index is 0.324. The molecule has 2 aromatic carbocycles. The summed E-state index contributed by atoms with van der Waals surface area (Å²) in [6, 6.07) is 16.7. The van der Waals surface area contributed by atoms with Crippen LogP contribution in [-0.4, -0.2) is 5.60 Å². The molecule has 0 amide bonds. The zero-order valence-electron chi connectivity index (χ0n) is 12.8. The highest BCUT2D eigenvalue weighted by Crippen LogP contribution is 2.34. The molecule has 2 aromatic rings. The number of para-hydroxylation sites is 1. The Bertz CT molecular complexity index is 706. The molecule has 0 bridgehead atoms. The average molecular weight is 276 g/mol. The lowest BCUT2D eigenvalue weighted by atomic mass is 9.96. The van der Waals surface area contributed by atoms with Crippen LogP contribution in [0.2, 0.25) is 0 Å². The Hall–Kier alpha value is -2.28. The van der Waals surface area contributed by atoms with Crippen molar-refractivity contribution in [2.45, 2.75) is 26.4 Å². The minimum atomic E-state index is -0.324. The van der Waals surface area contributed by atoms with E-state index in [4.69, 9.17) is 4.74 Å². The van der Waals surface area contributed by atoms with Crippen LogP contribution < -0.4 is 4.74 Å². The molecule has 0 saturated carbocycles. The number of allylic oxidation sites excluding steroid dienone is 2. The van der Waals surface area contributed by atoms with Crippen molar-refractivity contribution in [3.8, 4) is 5.75 Å². The third kappa shape index (κ3) is 2.92. The fourth-order valence-corrected chi connectivity index (χ4v) is 2.54. The Balaban J connectivity index is 2.20. The van der Waals surface area contributed by atoms with Crippen molar-refractivity contribution in [3.63, 3.8) is 0 Å². The molecule has 0 fully saturated rings. The number of fused-ring (bicyclic) bond motifs is 1. The molecule has 0 radical (unpaired) electrons. The molecule has 0 saturated heterocycles. The van der Waals surface area contributed by atoms with E-state index in [9.17, 15) is 0 Å². The summed E-state index contributed by atoms with van der Waals surface area (Å²) in [4.78, 5) is 0. The predicted molar refractivity (Wildman–Crippen MR) is 89.3 cm³/mol. The topological polar surface area (TPSA) is 9.23 Å². The van der Waals surface area contributed by atoms with E-state index in [0.29, 0.717) is 0 Å². The number of hydrogen-bond donors (Lipinski definition) is 0. The Morgan fingerprint density at radius 2 is 1.67 bits per heavy atom. The Morgan fingerprint density at radius 1 is 0.905 bits per heavy atom. The van der Waals surface area contributed by atoms with Crippen LogP contribution >= 0.6 is 0 Å². The van der Waals surface area contributed by atoms with Crippen LogP contribution in [0, 0.1) is 6.92 Å². The molecule has 0 unspecified atom stereocenters. The monoisotopic (exact) mass is 276 g/mol. The van der Waals surface area contributed by atoms with Gasteiger partial charge in [-0.3, -0.25) is 0 Å². The van der Waals surface area contributed by atoms with Crippen LogP contribution in [0.1, 0.15) is 30.5 Å². The molecular formula is C20H20O. The Labute approximate surface area is 126 Å². The highest BCUT2D eigenvalue weighted by atomic mass is 16.5. The van der Waals surface area contributed by atoms with Crippen molar-refractivity contribution in [2.75, 3.05) is 0 Å². The third-order valence-corrected chi connectivity index (χ3v) is 3.69. The molecule has 1 aliphatic rings. The molecule has 0 spiro atoms. The first-order valence-electron chi connectivity index (χ1n) is 7.30. The van der Waals surface area contributed by atoms with Gasteiger partial charge < -0.3 is 4.74 Å². The number of benzene rings is 2. The molecule has 106 valence electrons. The van der Waals surface area contributed by atoms with Gasteiger partial charge in [-0.2, -0.15) is 0 Å². The van der Waals surface area contributed by atoms with Gasteiger partial charge in [0.1, 0.15) is 11.4 Å². The smallest absolute Gasteiger partial charge is 0.130 e. The molecule has 1 heteroatoms. The molecule has 0 N–H and O–H groups in total. The van der Waals surface area contributed by atoms with E-state index in [2.05, 4.69) is 81.5 Å². The summed E-state index contributed by atoms with van der Waals surface area (Å²) in [7, 11) is 0. The summed E-state index contributed by atoms with van der Waals surface area (Å²) in [5.41, 5.74) is 4.40. The van der Waals surface area contributed by atoms with Gasteiger partial charge in [0.2, 0.25) is 0 Å². The van der Waals surface area contributed by atoms with Crippen molar-refractivity contribution < 1.29 is 4.74 Å². The van der Waals surface area contributed by atoms with Crippen LogP contribution in [0.3, 0.4) is 0 Å². The van der Waals surface area contributed by atoms with Crippen LogP contribution in [-0.2, 0) is 0 Å². The van der Waals surface area contributed by atoms with Crippen LogP contribution in [0.5, 0.6) is 5.75 Å². The molecular weight excluding hydrogens is 256 g/mol. The normalized spacial score (nSPS) is 20.2. The van der Waals surface area contributed by atoms with Crippen molar-refractivity contribution >= 4 is 11.6 Å². The van der Waals surface area contributed by atoms with Crippen molar-refractivity contribution in [1.29, 1.82) is 0 Å². The zero-order valence-corrected chi connectivity index (χ0v) is 12.8. The SMILES string of the molecule is Cc1cccc2c1OC(C)(C)/C=C\C(c1ccccc1)=C/2. The van der Waals surface area contributed by atoms with Crippen LogP contribution in [0.4, 0.5) is 0 Å². The summed E-state index contributed by atoms with van der Waals surface area (Å²) in [6.45, 7) is 6.28. The van der Waals surface area contributed by atoms with E-state index in [1.54, 1.807) is 0 Å². The van der Waals surface area contributed by atoms with Crippen LogP contribution in [0.25, 0.3) is 11.6 Å². The van der Waals surface area contributed by atoms with E-state index < -0.39 is 0 Å². The first-order chi connectivity index (χ1) is 10.1. The first kappa shape index (κ1) is 13.7. The zero-order chi connectivity index (χ0) is 14.9. The average Bonchev–Trinajstić information content (AvgIpc) is 2.46. The minimum Gasteiger partial charge on any atom is -0.483 e. The number of aryl methyl sites for hydroxylation is 1. The predicted octanol–water partition coefficient (Wildman–Crippen LogP) is 5.26. The van der Waals surface area contributed by atoms with Crippen molar-refractivity contribution in [2.24, 2.45) is 0 Å². The highest BCUT2D eigenvalue weighted by Gasteiger charge is 2.20. The van der Waals surface area contributed by atoms with E-state index >= 15 is 0 Å². The molecule has 1 aliphatic heterocycles. The summed E-state index contributed by atoms with van der Waals surface area (Å²) in [5.74, 6) is 0.972. The Morgan fingerprint density at radius 3 is 2.43 bits per heavy atom. The molecule has 0 aliphatic carbocycles. The number of hydrogen-bond acceptors (Lipinski definition) is 1. The van der Waals surface area contributed by atoms with Gasteiger partial charge in [-0.15, -0.1) is 0 Å². The first-order valence-corrected chi connectivity index (χ1v) is 7.30. The maximum atomic E-state index is 6.21. The summed E-state index contributed by atoms with van der Waals surface area (Å²) in [5, 5.41) is 0. The molecule has 21 heavy (non-hydrogen) atoms. The van der Waals surface area contributed by atoms with E-state index in [0.717, 1.165) is 11.3 Å².